The monoisotopic (exact) mass is 295 g/mol. The Hall–Kier alpha value is -1.10. The van der Waals surface area contributed by atoms with Gasteiger partial charge in [-0.1, -0.05) is 26.0 Å². The summed E-state index contributed by atoms with van der Waals surface area (Å²) < 4.78 is 5.91. The molecular formula is C17H29NO3. The summed E-state index contributed by atoms with van der Waals surface area (Å²) in [5.74, 6) is 0.814. The third-order valence-corrected chi connectivity index (χ3v) is 3.39. The zero-order valence-electron chi connectivity index (χ0n) is 13.6. The largest absolute Gasteiger partial charge is 0.491 e. The van der Waals surface area contributed by atoms with Crippen LogP contribution in [0.3, 0.4) is 0 Å². The first-order valence-corrected chi connectivity index (χ1v) is 7.63. The number of hydrogen-bond acceptors (Lipinski definition) is 4. The topological polar surface area (TPSA) is 61.7 Å². The third-order valence-electron chi connectivity index (χ3n) is 3.39. The molecule has 0 aliphatic carbocycles. The van der Waals surface area contributed by atoms with Crippen LogP contribution in [-0.4, -0.2) is 41.1 Å². The number of ether oxygens (including phenoxy) is 1. The van der Waals surface area contributed by atoms with Gasteiger partial charge in [0.25, 0.3) is 0 Å². The Bertz CT molecular complexity index is 405. The molecule has 1 aromatic carbocycles. The van der Waals surface area contributed by atoms with Crippen LogP contribution >= 0.6 is 0 Å². The van der Waals surface area contributed by atoms with Crippen LogP contribution < -0.4 is 10.1 Å². The standard InChI is InChI=1S/C17H29NO3/c1-13(2)18-17(4,12-20)11-14(3)21-16-7-5-15(6-8-16)9-10-19/h5-8,13-14,18-20H,9-12H2,1-4H3. The van der Waals surface area contributed by atoms with Crippen LogP contribution in [0.25, 0.3) is 0 Å². The van der Waals surface area contributed by atoms with Crippen molar-refractivity contribution in [2.75, 3.05) is 13.2 Å². The van der Waals surface area contributed by atoms with Crippen LogP contribution in [0, 0.1) is 0 Å². The molecular weight excluding hydrogens is 266 g/mol. The average Bonchev–Trinajstić information content (AvgIpc) is 2.40. The number of aliphatic hydroxyl groups excluding tert-OH is 2. The molecule has 0 bridgehead atoms. The van der Waals surface area contributed by atoms with Gasteiger partial charge in [0.1, 0.15) is 5.75 Å². The van der Waals surface area contributed by atoms with E-state index in [1.807, 2.05) is 38.1 Å². The highest BCUT2D eigenvalue weighted by Gasteiger charge is 2.27. The molecule has 0 saturated carbocycles. The summed E-state index contributed by atoms with van der Waals surface area (Å²) in [5.41, 5.74) is 0.754. The van der Waals surface area contributed by atoms with Gasteiger partial charge in [-0.2, -0.15) is 0 Å². The van der Waals surface area contributed by atoms with Crippen LogP contribution in [0.5, 0.6) is 5.75 Å². The maximum absolute atomic E-state index is 9.60. The van der Waals surface area contributed by atoms with E-state index in [1.54, 1.807) is 0 Å². The molecule has 0 spiro atoms. The van der Waals surface area contributed by atoms with Crippen molar-refractivity contribution in [1.82, 2.24) is 5.32 Å². The van der Waals surface area contributed by atoms with Gasteiger partial charge in [-0.15, -0.1) is 0 Å². The van der Waals surface area contributed by atoms with Crippen LogP contribution in [-0.2, 0) is 6.42 Å². The van der Waals surface area contributed by atoms with Crippen LogP contribution in [0.1, 0.15) is 39.7 Å². The Kier molecular flexibility index (Phi) is 7.15. The van der Waals surface area contributed by atoms with Gasteiger partial charge in [0.05, 0.1) is 12.7 Å². The van der Waals surface area contributed by atoms with Gasteiger partial charge >= 0.3 is 0 Å². The van der Waals surface area contributed by atoms with Gasteiger partial charge in [0, 0.05) is 24.6 Å². The van der Waals surface area contributed by atoms with Crippen molar-refractivity contribution >= 4 is 0 Å². The van der Waals surface area contributed by atoms with Gasteiger partial charge in [-0.3, -0.25) is 0 Å². The maximum atomic E-state index is 9.60. The molecule has 4 nitrogen and oxygen atoms in total. The Balaban J connectivity index is 2.57. The fourth-order valence-electron chi connectivity index (χ4n) is 2.64. The number of hydrogen-bond donors (Lipinski definition) is 3. The Morgan fingerprint density at radius 2 is 1.76 bits per heavy atom. The summed E-state index contributed by atoms with van der Waals surface area (Å²) in [5, 5.41) is 21.9. The highest BCUT2D eigenvalue weighted by Crippen LogP contribution is 2.19. The minimum absolute atomic E-state index is 0.00269. The molecule has 2 unspecified atom stereocenters. The lowest BCUT2D eigenvalue weighted by atomic mass is 9.94. The van der Waals surface area contributed by atoms with Gasteiger partial charge in [-0.25, -0.2) is 0 Å². The van der Waals surface area contributed by atoms with Crippen molar-refractivity contribution in [2.45, 2.75) is 58.2 Å². The van der Waals surface area contributed by atoms with Crippen molar-refractivity contribution in [1.29, 1.82) is 0 Å². The number of rotatable bonds is 9. The molecule has 4 heteroatoms. The SMILES string of the molecule is CC(C)NC(C)(CO)CC(C)Oc1ccc(CCO)cc1. The van der Waals surface area contributed by atoms with E-state index in [2.05, 4.69) is 19.2 Å². The molecule has 1 aromatic rings. The smallest absolute Gasteiger partial charge is 0.119 e. The molecule has 2 atom stereocenters. The molecule has 21 heavy (non-hydrogen) atoms. The molecule has 0 aliphatic rings. The lowest BCUT2D eigenvalue weighted by Gasteiger charge is -2.33. The zero-order chi connectivity index (χ0) is 15.9. The molecule has 1 rings (SSSR count). The second-order valence-electron chi connectivity index (χ2n) is 6.27. The molecule has 0 aliphatic heterocycles. The van der Waals surface area contributed by atoms with E-state index >= 15 is 0 Å². The van der Waals surface area contributed by atoms with Crippen molar-refractivity contribution in [3.8, 4) is 5.75 Å². The fourth-order valence-corrected chi connectivity index (χ4v) is 2.64. The molecule has 3 N–H and O–H groups in total. The maximum Gasteiger partial charge on any atom is 0.119 e. The minimum Gasteiger partial charge on any atom is -0.491 e. The van der Waals surface area contributed by atoms with E-state index in [1.165, 1.54) is 0 Å². The second kappa shape index (κ2) is 8.37. The quantitative estimate of drug-likeness (QED) is 0.653. The van der Waals surface area contributed by atoms with Crippen LogP contribution in [0.15, 0.2) is 24.3 Å². The second-order valence-corrected chi connectivity index (χ2v) is 6.27. The van der Waals surface area contributed by atoms with Crippen LogP contribution in [0.2, 0.25) is 0 Å². The van der Waals surface area contributed by atoms with Crippen molar-refractivity contribution in [3.63, 3.8) is 0 Å². The summed E-state index contributed by atoms with van der Waals surface area (Å²) >= 11 is 0. The highest BCUT2D eigenvalue weighted by atomic mass is 16.5. The zero-order valence-corrected chi connectivity index (χ0v) is 13.6. The average molecular weight is 295 g/mol. The summed E-state index contributed by atoms with van der Waals surface area (Å²) in [6.45, 7) is 8.40. The lowest BCUT2D eigenvalue weighted by Crippen LogP contribution is -2.51. The molecule has 120 valence electrons. The molecule has 0 saturated heterocycles. The first-order chi connectivity index (χ1) is 9.88. The first kappa shape index (κ1) is 18.0. The van der Waals surface area contributed by atoms with Crippen molar-refractivity contribution in [3.05, 3.63) is 29.8 Å². The molecule has 0 fully saturated rings. The minimum atomic E-state index is -0.343. The number of aliphatic hydroxyl groups is 2. The summed E-state index contributed by atoms with van der Waals surface area (Å²) in [6, 6.07) is 8.10. The molecule has 0 amide bonds. The van der Waals surface area contributed by atoms with E-state index < -0.39 is 0 Å². The fraction of sp³-hybridized carbons (Fsp3) is 0.647. The lowest BCUT2D eigenvalue weighted by molar-refractivity contribution is 0.104. The van der Waals surface area contributed by atoms with Gasteiger partial charge in [-0.05, 0) is 38.0 Å². The Morgan fingerprint density at radius 1 is 1.14 bits per heavy atom. The van der Waals surface area contributed by atoms with Gasteiger partial charge in [0.2, 0.25) is 0 Å². The third kappa shape index (κ3) is 6.46. The molecule has 0 radical (unpaired) electrons. The molecule has 0 aromatic heterocycles. The predicted octanol–water partition coefficient (Wildman–Crippen LogP) is 2.13. The first-order valence-electron chi connectivity index (χ1n) is 7.63. The summed E-state index contributed by atoms with van der Waals surface area (Å²) in [7, 11) is 0. The van der Waals surface area contributed by atoms with Gasteiger partial charge in [0.15, 0.2) is 0 Å². The number of benzene rings is 1. The molecule has 0 heterocycles. The summed E-state index contributed by atoms with van der Waals surface area (Å²) in [6.07, 6.45) is 1.38. The van der Waals surface area contributed by atoms with E-state index in [-0.39, 0.29) is 24.9 Å². The van der Waals surface area contributed by atoms with Crippen molar-refractivity contribution in [2.24, 2.45) is 0 Å². The van der Waals surface area contributed by atoms with E-state index in [4.69, 9.17) is 9.84 Å². The summed E-state index contributed by atoms with van der Waals surface area (Å²) in [4.78, 5) is 0. The van der Waals surface area contributed by atoms with E-state index in [9.17, 15) is 5.11 Å². The van der Waals surface area contributed by atoms with Crippen LogP contribution in [0.4, 0.5) is 0 Å². The highest BCUT2D eigenvalue weighted by molar-refractivity contribution is 5.27. The van der Waals surface area contributed by atoms with Crippen molar-refractivity contribution < 1.29 is 14.9 Å². The Labute approximate surface area is 128 Å². The predicted molar refractivity (Wildman–Crippen MR) is 85.7 cm³/mol. The van der Waals surface area contributed by atoms with E-state index in [0.717, 1.165) is 17.7 Å². The number of nitrogens with one attached hydrogen (secondary N) is 1. The normalized spacial score (nSPS) is 15.8. The Morgan fingerprint density at radius 3 is 2.24 bits per heavy atom. The van der Waals surface area contributed by atoms with E-state index in [0.29, 0.717) is 12.5 Å². The van der Waals surface area contributed by atoms with Gasteiger partial charge < -0.3 is 20.3 Å².